The molecule has 0 aromatic heterocycles. The fourth-order valence-electron chi connectivity index (χ4n) is 3.83. The Labute approximate surface area is 169 Å². The second-order valence-corrected chi connectivity index (χ2v) is 7.21. The van der Waals surface area contributed by atoms with E-state index in [2.05, 4.69) is 0 Å². The van der Waals surface area contributed by atoms with E-state index < -0.39 is 46.6 Å². The van der Waals surface area contributed by atoms with Crippen LogP contribution in [0.3, 0.4) is 0 Å². The third-order valence-electron chi connectivity index (χ3n) is 5.36. The molecule has 0 fully saturated rings. The van der Waals surface area contributed by atoms with E-state index in [1.165, 1.54) is 0 Å². The van der Waals surface area contributed by atoms with Crippen LogP contribution in [0.25, 0.3) is 0 Å². The molecule has 0 saturated carbocycles. The molecule has 1 amide bonds. The highest BCUT2D eigenvalue weighted by atomic mass is 19.2. The van der Waals surface area contributed by atoms with Crippen molar-refractivity contribution in [2.24, 2.45) is 0 Å². The van der Waals surface area contributed by atoms with Crippen LogP contribution in [0.15, 0.2) is 48.5 Å². The van der Waals surface area contributed by atoms with Crippen molar-refractivity contribution in [1.82, 2.24) is 4.90 Å². The van der Waals surface area contributed by atoms with E-state index in [9.17, 15) is 26.7 Å². The third kappa shape index (κ3) is 3.14. The SMILES string of the molecule is Cc1ccc([C@@H]2c3ccccc3CCN2C(=O)c2c(F)c(F)c(F)c(F)c2F)cc1. The van der Waals surface area contributed by atoms with Gasteiger partial charge in [-0.05, 0) is 30.0 Å². The molecule has 0 spiro atoms. The van der Waals surface area contributed by atoms with Gasteiger partial charge in [0, 0.05) is 6.54 Å². The molecule has 1 aliphatic rings. The average Bonchev–Trinajstić information content (AvgIpc) is 2.76. The van der Waals surface area contributed by atoms with Gasteiger partial charge in [0.2, 0.25) is 5.82 Å². The molecule has 1 heterocycles. The van der Waals surface area contributed by atoms with Crippen LogP contribution in [-0.4, -0.2) is 17.4 Å². The zero-order chi connectivity index (χ0) is 21.6. The lowest BCUT2D eigenvalue weighted by atomic mass is 9.87. The van der Waals surface area contributed by atoms with Crippen LogP contribution < -0.4 is 0 Å². The van der Waals surface area contributed by atoms with Crippen molar-refractivity contribution in [2.45, 2.75) is 19.4 Å². The molecular weight excluding hydrogens is 401 g/mol. The molecule has 154 valence electrons. The fourth-order valence-corrected chi connectivity index (χ4v) is 3.83. The van der Waals surface area contributed by atoms with Crippen molar-refractivity contribution in [3.8, 4) is 0 Å². The Morgan fingerprint density at radius 2 is 1.40 bits per heavy atom. The van der Waals surface area contributed by atoms with E-state index in [0.717, 1.165) is 21.6 Å². The maximum atomic E-state index is 14.3. The first-order chi connectivity index (χ1) is 14.3. The quantitative estimate of drug-likeness (QED) is 0.307. The van der Waals surface area contributed by atoms with Crippen LogP contribution in [0.5, 0.6) is 0 Å². The number of fused-ring (bicyclic) bond motifs is 1. The Morgan fingerprint density at radius 1 is 0.833 bits per heavy atom. The maximum Gasteiger partial charge on any atom is 0.260 e. The van der Waals surface area contributed by atoms with Gasteiger partial charge in [0.1, 0.15) is 5.56 Å². The van der Waals surface area contributed by atoms with E-state index in [1.54, 1.807) is 24.3 Å². The molecule has 0 radical (unpaired) electrons. The van der Waals surface area contributed by atoms with Gasteiger partial charge >= 0.3 is 0 Å². The number of hydrogen-bond acceptors (Lipinski definition) is 1. The number of nitrogens with zero attached hydrogens (tertiary/aromatic N) is 1. The van der Waals surface area contributed by atoms with Gasteiger partial charge < -0.3 is 4.90 Å². The minimum Gasteiger partial charge on any atom is -0.327 e. The standard InChI is InChI=1S/C23H16F5NO/c1-12-6-8-14(9-7-12)22-15-5-3-2-4-13(15)10-11-29(22)23(30)16-17(24)19(26)21(28)20(27)18(16)25/h2-9,22H,10-11H2,1H3/t22-/m1/s1. The van der Waals surface area contributed by atoms with Gasteiger partial charge in [0.25, 0.3) is 5.91 Å². The summed E-state index contributed by atoms with van der Waals surface area (Å²) < 4.78 is 69.5. The number of amides is 1. The van der Waals surface area contributed by atoms with E-state index in [1.807, 2.05) is 31.2 Å². The van der Waals surface area contributed by atoms with Crippen LogP contribution in [0.2, 0.25) is 0 Å². The van der Waals surface area contributed by atoms with Crippen LogP contribution in [-0.2, 0) is 6.42 Å². The van der Waals surface area contributed by atoms with Gasteiger partial charge in [-0.25, -0.2) is 22.0 Å². The number of halogens is 5. The van der Waals surface area contributed by atoms with Gasteiger partial charge in [0.05, 0.1) is 6.04 Å². The predicted molar refractivity (Wildman–Crippen MR) is 100 cm³/mol. The van der Waals surface area contributed by atoms with Crippen molar-refractivity contribution in [3.05, 3.63) is 105 Å². The molecule has 0 bridgehead atoms. The fraction of sp³-hybridized carbons (Fsp3) is 0.174. The maximum absolute atomic E-state index is 14.3. The summed E-state index contributed by atoms with van der Waals surface area (Å²) in [5.41, 5.74) is 1.89. The van der Waals surface area contributed by atoms with Crippen LogP contribution in [0.4, 0.5) is 22.0 Å². The molecule has 3 aromatic carbocycles. The lowest BCUT2D eigenvalue weighted by molar-refractivity contribution is 0.0681. The predicted octanol–water partition coefficient (Wildman–Crippen LogP) is 5.48. The van der Waals surface area contributed by atoms with Crippen LogP contribution in [0.1, 0.15) is 38.7 Å². The summed E-state index contributed by atoms with van der Waals surface area (Å²) >= 11 is 0. The average molecular weight is 417 g/mol. The first-order valence-electron chi connectivity index (χ1n) is 9.28. The lowest BCUT2D eigenvalue weighted by Gasteiger charge is -2.38. The van der Waals surface area contributed by atoms with Gasteiger partial charge in [-0.3, -0.25) is 4.79 Å². The molecule has 1 atom stereocenters. The largest absolute Gasteiger partial charge is 0.327 e. The molecular formula is C23H16F5NO. The number of aryl methyl sites for hydroxylation is 1. The number of rotatable bonds is 2. The Bertz CT molecular complexity index is 1110. The molecule has 1 aliphatic heterocycles. The number of carbonyl (C=O) groups is 1. The van der Waals surface area contributed by atoms with Crippen molar-refractivity contribution in [3.63, 3.8) is 0 Å². The van der Waals surface area contributed by atoms with Crippen molar-refractivity contribution < 1.29 is 26.7 Å². The minimum atomic E-state index is -2.29. The zero-order valence-electron chi connectivity index (χ0n) is 15.9. The molecule has 4 rings (SSSR count). The van der Waals surface area contributed by atoms with Crippen LogP contribution in [0, 0.1) is 36.0 Å². The number of carbonyl (C=O) groups excluding carboxylic acids is 1. The van der Waals surface area contributed by atoms with Crippen molar-refractivity contribution in [1.29, 1.82) is 0 Å². The highest BCUT2D eigenvalue weighted by Crippen LogP contribution is 2.37. The Balaban J connectivity index is 1.87. The van der Waals surface area contributed by atoms with Crippen molar-refractivity contribution >= 4 is 5.91 Å². The summed E-state index contributed by atoms with van der Waals surface area (Å²) in [5.74, 6) is -12.1. The summed E-state index contributed by atoms with van der Waals surface area (Å²) in [4.78, 5) is 14.3. The highest BCUT2D eigenvalue weighted by Gasteiger charge is 2.37. The highest BCUT2D eigenvalue weighted by molar-refractivity contribution is 5.95. The normalized spacial score (nSPS) is 15.8. The summed E-state index contributed by atoms with van der Waals surface area (Å²) in [7, 11) is 0. The molecule has 30 heavy (non-hydrogen) atoms. The molecule has 3 aromatic rings. The Hall–Kier alpha value is -3.22. The van der Waals surface area contributed by atoms with Gasteiger partial charge in [-0.1, -0.05) is 54.1 Å². The Kier molecular flexibility index (Phi) is 5.05. The zero-order valence-corrected chi connectivity index (χ0v) is 15.9. The first kappa shape index (κ1) is 20.1. The third-order valence-corrected chi connectivity index (χ3v) is 5.36. The molecule has 0 aliphatic carbocycles. The summed E-state index contributed by atoms with van der Waals surface area (Å²) in [6.45, 7) is 1.95. The monoisotopic (exact) mass is 417 g/mol. The molecule has 0 unspecified atom stereocenters. The number of benzene rings is 3. The molecule has 7 heteroatoms. The van der Waals surface area contributed by atoms with Crippen LogP contribution >= 0.6 is 0 Å². The van der Waals surface area contributed by atoms with E-state index >= 15 is 0 Å². The Morgan fingerprint density at radius 3 is 2.03 bits per heavy atom. The molecule has 2 nitrogen and oxygen atoms in total. The van der Waals surface area contributed by atoms with E-state index in [-0.39, 0.29) is 6.54 Å². The number of hydrogen-bond donors (Lipinski definition) is 0. The van der Waals surface area contributed by atoms with Gasteiger partial charge in [-0.2, -0.15) is 0 Å². The molecule has 0 N–H and O–H groups in total. The van der Waals surface area contributed by atoms with E-state index in [4.69, 9.17) is 0 Å². The topological polar surface area (TPSA) is 20.3 Å². The second-order valence-electron chi connectivity index (χ2n) is 7.21. The van der Waals surface area contributed by atoms with Gasteiger partial charge in [-0.15, -0.1) is 0 Å². The minimum absolute atomic E-state index is 0.0634. The smallest absolute Gasteiger partial charge is 0.260 e. The summed E-state index contributed by atoms with van der Waals surface area (Å²) in [6, 6.07) is 13.8. The second kappa shape index (κ2) is 7.55. The van der Waals surface area contributed by atoms with E-state index in [0.29, 0.717) is 12.0 Å². The van der Waals surface area contributed by atoms with Gasteiger partial charge in [0.15, 0.2) is 23.3 Å². The molecule has 0 saturated heterocycles. The summed E-state index contributed by atoms with van der Waals surface area (Å²) in [5, 5.41) is 0. The first-order valence-corrected chi connectivity index (χ1v) is 9.28. The summed E-state index contributed by atoms with van der Waals surface area (Å²) in [6.07, 6.45) is 0.389. The van der Waals surface area contributed by atoms with Crippen molar-refractivity contribution in [2.75, 3.05) is 6.54 Å². The lowest BCUT2D eigenvalue weighted by Crippen LogP contribution is -2.41.